The molecule has 0 aromatic heterocycles. The van der Waals surface area contributed by atoms with Crippen molar-refractivity contribution in [1.29, 1.82) is 0 Å². The molecule has 4 heteroatoms. The molecule has 2 aromatic carbocycles. The fourth-order valence-electron chi connectivity index (χ4n) is 2.44. The van der Waals surface area contributed by atoms with Crippen molar-refractivity contribution in [2.75, 3.05) is 6.61 Å². The van der Waals surface area contributed by atoms with Crippen LogP contribution in [0.25, 0.3) is 0 Å². The van der Waals surface area contributed by atoms with Crippen LogP contribution in [0.2, 0.25) is 0 Å². The number of rotatable bonds is 6. The quantitative estimate of drug-likeness (QED) is 0.806. The van der Waals surface area contributed by atoms with Crippen molar-refractivity contribution in [3.05, 3.63) is 71.8 Å². The zero-order valence-electron chi connectivity index (χ0n) is 13.0. The van der Waals surface area contributed by atoms with Gasteiger partial charge in [0.1, 0.15) is 0 Å². The van der Waals surface area contributed by atoms with E-state index >= 15 is 0 Å². The molecule has 2 rings (SSSR count). The van der Waals surface area contributed by atoms with Crippen LogP contribution >= 0.6 is 0 Å². The second-order valence-corrected chi connectivity index (χ2v) is 5.94. The molecule has 0 aliphatic heterocycles. The van der Waals surface area contributed by atoms with E-state index in [4.69, 9.17) is 5.90 Å². The van der Waals surface area contributed by atoms with Crippen molar-refractivity contribution in [2.24, 2.45) is 5.90 Å². The van der Waals surface area contributed by atoms with Crippen molar-refractivity contribution < 1.29 is 9.63 Å². The van der Waals surface area contributed by atoms with Crippen LogP contribution in [-0.4, -0.2) is 18.1 Å². The monoisotopic (exact) mass is 298 g/mol. The van der Waals surface area contributed by atoms with Gasteiger partial charge in [-0.2, -0.15) is 0 Å². The lowest BCUT2D eigenvalue weighted by atomic mass is 9.89. The average molecular weight is 298 g/mol. The molecular formula is C18H22N2O2. The van der Waals surface area contributed by atoms with E-state index in [1.807, 2.05) is 74.5 Å². The highest BCUT2D eigenvalue weighted by Crippen LogP contribution is 2.25. The van der Waals surface area contributed by atoms with Crippen LogP contribution in [0.15, 0.2) is 60.7 Å². The number of carbonyl (C=O) groups is 1. The van der Waals surface area contributed by atoms with E-state index in [1.165, 1.54) is 0 Å². The largest absolute Gasteiger partial charge is 0.348 e. The Kier molecular flexibility index (Phi) is 5.31. The molecule has 0 saturated carbocycles. The lowest BCUT2D eigenvalue weighted by Gasteiger charge is -2.28. The highest BCUT2D eigenvalue weighted by molar-refractivity contribution is 5.87. The number of nitrogens with one attached hydrogen (secondary N) is 1. The SMILES string of the molecule is CC(C)(CON)NC(=O)C(c1ccccc1)c1ccccc1. The Morgan fingerprint density at radius 3 is 1.91 bits per heavy atom. The summed E-state index contributed by atoms with van der Waals surface area (Å²) in [4.78, 5) is 17.5. The minimum absolute atomic E-state index is 0.0700. The molecule has 0 unspecified atom stereocenters. The summed E-state index contributed by atoms with van der Waals surface area (Å²) in [6.07, 6.45) is 0. The maximum absolute atomic E-state index is 12.8. The van der Waals surface area contributed by atoms with Gasteiger partial charge in [-0.1, -0.05) is 60.7 Å². The molecule has 0 fully saturated rings. The Balaban J connectivity index is 2.31. The first kappa shape index (κ1) is 16.2. The summed E-state index contributed by atoms with van der Waals surface area (Å²) in [6, 6.07) is 19.5. The molecule has 0 aliphatic carbocycles. The van der Waals surface area contributed by atoms with Gasteiger partial charge in [-0.25, -0.2) is 5.90 Å². The van der Waals surface area contributed by atoms with Gasteiger partial charge in [-0.05, 0) is 25.0 Å². The predicted molar refractivity (Wildman–Crippen MR) is 87.1 cm³/mol. The van der Waals surface area contributed by atoms with E-state index < -0.39 is 5.54 Å². The summed E-state index contributed by atoms with van der Waals surface area (Å²) in [6.45, 7) is 4.00. The van der Waals surface area contributed by atoms with Crippen molar-refractivity contribution in [3.63, 3.8) is 0 Å². The average Bonchev–Trinajstić information content (AvgIpc) is 2.49. The summed E-state index contributed by atoms with van der Waals surface area (Å²) < 4.78 is 0. The summed E-state index contributed by atoms with van der Waals surface area (Å²) >= 11 is 0. The Bertz CT molecular complexity index is 557. The molecular weight excluding hydrogens is 276 g/mol. The number of hydrogen-bond acceptors (Lipinski definition) is 3. The summed E-state index contributed by atoms with van der Waals surface area (Å²) in [7, 11) is 0. The van der Waals surface area contributed by atoms with Gasteiger partial charge in [0.05, 0.1) is 18.1 Å². The van der Waals surface area contributed by atoms with Crippen LogP contribution < -0.4 is 11.2 Å². The van der Waals surface area contributed by atoms with Gasteiger partial charge >= 0.3 is 0 Å². The third-order valence-electron chi connectivity index (χ3n) is 3.43. The first-order chi connectivity index (χ1) is 10.5. The Hall–Kier alpha value is -2.17. The molecule has 0 spiro atoms. The second kappa shape index (κ2) is 7.20. The number of nitrogens with two attached hydrogens (primary N) is 1. The predicted octanol–water partition coefficient (Wildman–Crippen LogP) is 2.60. The maximum atomic E-state index is 12.8. The van der Waals surface area contributed by atoms with Crippen LogP contribution in [0, 0.1) is 0 Å². The second-order valence-electron chi connectivity index (χ2n) is 5.94. The van der Waals surface area contributed by atoms with Crippen molar-refractivity contribution in [1.82, 2.24) is 5.32 Å². The Labute approximate surface area is 131 Å². The van der Waals surface area contributed by atoms with Gasteiger partial charge in [0.15, 0.2) is 0 Å². The molecule has 1 amide bonds. The van der Waals surface area contributed by atoms with Crippen LogP contribution in [0.1, 0.15) is 30.9 Å². The lowest BCUT2D eigenvalue weighted by Crippen LogP contribution is -2.49. The van der Waals surface area contributed by atoms with Crippen LogP contribution in [0.3, 0.4) is 0 Å². The van der Waals surface area contributed by atoms with Crippen molar-refractivity contribution >= 4 is 5.91 Å². The topological polar surface area (TPSA) is 64.3 Å². The Morgan fingerprint density at radius 1 is 1.05 bits per heavy atom. The summed E-state index contributed by atoms with van der Waals surface area (Å²) in [5.41, 5.74) is 1.37. The number of benzene rings is 2. The standard InChI is InChI=1S/C18H22N2O2/c1-18(2,13-22-19)20-17(21)16(14-9-5-3-6-10-14)15-11-7-4-8-12-15/h3-12,16H,13,19H2,1-2H3,(H,20,21). The first-order valence-electron chi connectivity index (χ1n) is 7.27. The van der Waals surface area contributed by atoms with E-state index in [0.717, 1.165) is 11.1 Å². The minimum Gasteiger partial charge on any atom is -0.348 e. The molecule has 0 heterocycles. The molecule has 4 nitrogen and oxygen atoms in total. The van der Waals surface area contributed by atoms with E-state index in [2.05, 4.69) is 10.2 Å². The molecule has 0 radical (unpaired) electrons. The highest BCUT2D eigenvalue weighted by atomic mass is 16.6. The van der Waals surface area contributed by atoms with Crippen molar-refractivity contribution in [3.8, 4) is 0 Å². The third kappa shape index (κ3) is 4.16. The lowest BCUT2D eigenvalue weighted by molar-refractivity contribution is -0.124. The van der Waals surface area contributed by atoms with Gasteiger partial charge in [0.2, 0.25) is 5.91 Å². The smallest absolute Gasteiger partial charge is 0.232 e. The van der Waals surface area contributed by atoms with Gasteiger partial charge < -0.3 is 10.2 Å². The number of hydrogen-bond donors (Lipinski definition) is 2. The summed E-state index contributed by atoms with van der Waals surface area (Å²) in [5.74, 6) is 4.71. The van der Waals surface area contributed by atoms with Crippen molar-refractivity contribution in [2.45, 2.75) is 25.3 Å². The molecule has 0 saturated heterocycles. The van der Waals surface area contributed by atoms with Gasteiger partial charge in [-0.3, -0.25) is 4.79 Å². The third-order valence-corrected chi connectivity index (χ3v) is 3.43. The maximum Gasteiger partial charge on any atom is 0.232 e. The molecule has 116 valence electrons. The Morgan fingerprint density at radius 2 is 1.50 bits per heavy atom. The van der Waals surface area contributed by atoms with Gasteiger partial charge in [-0.15, -0.1) is 0 Å². The van der Waals surface area contributed by atoms with E-state index in [-0.39, 0.29) is 18.4 Å². The van der Waals surface area contributed by atoms with Crippen LogP contribution in [0.4, 0.5) is 0 Å². The zero-order chi connectivity index (χ0) is 16.0. The van der Waals surface area contributed by atoms with Crippen LogP contribution in [-0.2, 0) is 9.63 Å². The fourth-order valence-corrected chi connectivity index (χ4v) is 2.44. The molecule has 0 atom stereocenters. The molecule has 22 heavy (non-hydrogen) atoms. The van der Waals surface area contributed by atoms with Gasteiger partial charge in [0, 0.05) is 0 Å². The fraction of sp³-hybridized carbons (Fsp3) is 0.278. The van der Waals surface area contributed by atoms with E-state index in [1.54, 1.807) is 0 Å². The molecule has 0 bridgehead atoms. The highest BCUT2D eigenvalue weighted by Gasteiger charge is 2.28. The first-order valence-corrected chi connectivity index (χ1v) is 7.27. The number of carbonyl (C=O) groups excluding carboxylic acids is 1. The number of amides is 1. The molecule has 0 aliphatic rings. The van der Waals surface area contributed by atoms with Crippen LogP contribution in [0.5, 0.6) is 0 Å². The van der Waals surface area contributed by atoms with E-state index in [0.29, 0.717) is 0 Å². The zero-order valence-corrected chi connectivity index (χ0v) is 13.0. The normalized spacial score (nSPS) is 11.5. The van der Waals surface area contributed by atoms with Gasteiger partial charge in [0.25, 0.3) is 0 Å². The molecule has 2 aromatic rings. The van der Waals surface area contributed by atoms with E-state index in [9.17, 15) is 4.79 Å². The minimum atomic E-state index is -0.534. The molecule has 3 N–H and O–H groups in total. The summed E-state index contributed by atoms with van der Waals surface area (Å²) in [5, 5.41) is 3.01.